The molecule has 1 fully saturated rings. The molecule has 2 aromatic heterocycles. The topological polar surface area (TPSA) is 101 Å². The van der Waals surface area contributed by atoms with Crippen LogP contribution in [0.15, 0.2) is 30.5 Å². The molecule has 0 aliphatic carbocycles. The maximum atomic E-state index is 13.9. The first-order valence-corrected chi connectivity index (χ1v) is 9.39. The van der Waals surface area contributed by atoms with Crippen molar-refractivity contribution in [2.24, 2.45) is 0 Å². The van der Waals surface area contributed by atoms with Gasteiger partial charge in [-0.3, -0.25) is 9.78 Å². The fraction of sp³-hybridized carbons (Fsp3) is 0.294. The number of amides is 1. The van der Waals surface area contributed by atoms with Crippen molar-refractivity contribution in [3.8, 4) is 11.3 Å². The number of hydrogen-bond acceptors (Lipinski definition) is 6. The largest absolute Gasteiger partial charge is 0.433 e. The highest BCUT2D eigenvalue weighted by atomic mass is 32.2. The Hall–Kier alpha value is -2.86. The summed E-state index contributed by atoms with van der Waals surface area (Å²) in [7, 11) is -2.49. The molecule has 1 aliphatic heterocycles. The minimum absolute atomic E-state index is 0.0416. The van der Waals surface area contributed by atoms with Crippen LogP contribution in [0.2, 0.25) is 0 Å². The van der Waals surface area contributed by atoms with Crippen molar-refractivity contribution < 1.29 is 30.8 Å². The third kappa shape index (κ3) is 4.95. The second-order valence-electron chi connectivity index (χ2n) is 6.17. The third-order valence-electron chi connectivity index (χ3n) is 4.19. The number of pyridine rings is 2. The van der Waals surface area contributed by atoms with E-state index in [1.165, 1.54) is 6.07 Å². The van der Waals surface area contributed by atoms with Gasteiger partial charge < -0.3 is 10.6 Å². The van der Waals surface area contributed by atoms with E-state index < -0.39 is 40.1 Å². The fourth-order valence-electron chi connectivity index (χ4n) is 2.82. The molecule has 0 aromatic carbocycles. The van der Waals surface area contributed by atoms with Crippen molar-refractivity contribution in [3.05, 3.63) is 47.7 Å². The molecule has 3 heterocycles. The highest BCUT2D eigenvalue weighted by Gasteiger charge is 2.32. The van der Waals surface area contributed by atoms with Gasteiger partial charge in [0.2, 0.25) is 22.1 Å². The van der Waals surface area contributed by atoms with Crippen LogP contribution in [0, 0.1) is 5.95 Å². The van der Waals surface area contributed by atoms with Gasteiger partial charge >= 0.3 is 6.18 Å². The number of halogens is 4. The molecule has 29 heavy (non-hydrogen) atoms. The number of rotatable bonds is 4. The maximum absolute atomic E-state index is 13.9. The first-order valence-electron chi connectivity index (χ1n) is 8.31. The van der Waals surface area contributed by atoms with Gasteiger partial charge in [-0.2, -0.15) is 26.0 Å². The summed E-state index contributed by atoms with van der Waals surface area (Å²) in [5, 5.41) is 5.27. The Morgan fingerprint density at radius 3 is 2.66 bits per heavy atom. The minimum Gasteiger partial charge on any atom is -0.350 e. The Labute approximate surface area is 163 Å². The summed E-state index contributed by atoms with van der Waals surface area (Å²) in [6.07, 6.45) is -3.44. The summed E-state index contributed by atoms with van der Waals surface area (Å²) < 4.78 is 73.9. The molecular formula is C17H14F4N4O3S. The molecule has 1 saturated heterocycles. The number of alkyl halides is 3. The van der Waals surface area contributed by atoms with Crippen LogP contribution in [0.3, 0.4) is 0 Å². The first kappa shape index (κ1) is 20.9. The zero-order valence-electron chi connectivity index (χ0n) is 14.6. The molecule has 0 bridgehead atoms. The van der Waals surface area contributed by atoms with Gasteiger partial charge in [0.05, 0.1) is 10.6 Å². The van der Waals surface area contributed by atoms with E-state index in [1.807, 2.05) is 0 Å². The van der Waals surface area contributed by atoms with E-state index in [0.29, 0.717) is 12.1 Å². The van der Waals surface area contributed by atoms with Gasteiger partial charge in [0.25, 0.3) is 0 Å². The van der Waals surface area contributed by atoms with Crippen LogP contribution < -0.4 is 10.6 Å². The van der Waals surface area contributed by atoms with Crippen molar-refractivity contribution in [1.82, 2.24) is 20.6 Å². The summed E-state index contributed by atoms with van der Waals surface area (Å²) in [5.41, 5.74) is -0.581. The molecule has 2 N–H and O–H groups in total. The van der Waals surface area contributed by atoms with Gasteiger partial charge in [0, 0.05) is 24.8 Å². The van der Waals surface area contributed by atoms with Crippen LogP contribution in [0.4, 0.5) is 17.6 Å². The van der Waals surface area contributed by atoms with Crippen LogP contribution in [0.1, 0.15) is 17.7 Å². The van der Waals surface area contributed by atoms with Crippen molar-refractivity contribution in [1.29, 1.82) is 0 Å². The normalized spacial score (nSPS) is 16.7. The predicted octanol–water partition coefficient (Wildman–Crippen LogP) is 1.33. The summed E-state index contributed by atoms with van der Waals surface area (Å²) >= 11 is 0. The van der Waals surface area contributed by atoms with Crippen LogP contribution >= 0.6 is 0 Å². The Kier molecular flexibility index (Phi) is 5.94. The fourth-order valence-corrected chi connectivity index (χ4v) is 3.47. The summed E-state index contributed by atoms with van der Waals surface area (Å²) in [6, 6.07) is 3.34. The van der Waals surface area contributed by atoms with Crippen LogP contribution in [-0.2, 0) is 27.8 Å². The van der Waals surface area contributed by atoms with E-state index in [-0.39, 0.29) is 29.1 Å². The van der Waals surface area contributed by atoms with Gasteiger partial charge in [-0.15, -0.1) is 0 Å². The van der Waals surface area contributed by atoms with E-state index in [9.17, 15) is 30.8 Å². The monoisotopic (exact) mass is 430 g/mol. The van der Waals surface area contributed by atoms with Gasteiger partial charge in [-0.1, -0.05) is 0 Å². The Balaban J connectivity index is 1.76. The number of nitrogens with zero attached hydrogens (tertiary/aromatic N) is 2. The number of carbonyl (C=O) groups excluding carboxylic acids is 1. The van der Waals surface area contributed by atoms with Gasteiger partial charge in [0.15, 0.2) is 0 Å². The van der Waals surface area contributed by atoms with Crippen molar-refractivity contribution in [2.75, 3.05) is 6.54 Å². The zero-order chi connectivity index (χ0) is 21.2. The number of carbonyl (C=O) groups is 1. The first-order chi connectivity index (χ1) is 13.6. The number of nitrogens with one attached hydrogen (secondary N) is 2. The van der Waals surface area contributed by atoms with E-state index in [1.54, 1.807) is 0 Å². The van der Waals surface area contributed by atoms with Crippen LogP contribution in [0.5, 0.6) is 0 Å². The van der Waals surface area contributed by atoms with Crippen molar-refractivity contribution in [3.63, 3.8) is 0 Å². The van der Waals surface area contributed by atoms with Crippen LogP contribution in [0.25, 0.3) is 11.3 Å². The lowest BCUT2D eigenvalue weighted by atomic mass is 10.1. The van der Waals surface area contributed by atoms with E-state index >= 15 is 0 Å². The van der Waals surface area contributed by atoms with Crippen molar-refractivity contribution >= 4 is 21.1 Å². The molecule has 1 atom stereocenters. The zero-order valence-corrected chi connectivity index (χ0v) is 15.4. The SMILES string of the molecule is O=C(NCc1cc(F)nc(-c2ccc(C(F)(F)F)nc2)c1)C1NCCC1=S(=O)=O. The lowest BCUT2D eigenvalue weighted by molar-refractivity contribution is -0.141. The van der Waals surface area contributed by atoms with E-state index in [2.05, 4.69) is 20.6 Å². The molecule has 2 aromatic rings. The van der Waals surface area contributed by atoms with Crippen LogP contribution in [-0.4, -0.2) is 41.7 Å². The lowest BCUT2D eigenvalue weighted by Gasteiger charge is -2.12. The van der Waals surface area contributed by atoms with Gasteiger partial charge in [-0.25, -0.2) is 4.98 Å². The van der Waals surface area contributed by atoms with E-state index in [4.69, 9.17) is 0 Å². The predicted molar refractivity (Wildman–Crippen MR) is 94.6 cm³/mol. The number of aromatic nitrogens is 2. The van der Waals surface area contributed by atoms with Gasteiger partial charge in [-0.05, 0) is 36.2 Å². The molecule has 0 radical (unpaired) electrons. The average molecular weight is 430 g/mol. The Morgan fingerprint density at radius 2 is 2.03 bits per heavy atom. The molecular weight excluding hydrogens is 416 g/mol. The molecule has 7 nitrogen and oxygen atoms in total. The van der Waals surface area contributed by atoms with E-state index in [0.717, 1.165) is 24.4 Å². The Bertz CT molecular complexity index is 1060. The quantitative estimate of drug-likeness (QED) is 0.431. The average Bonchev–Trinajstić information content (AvgIpc) is 3.15. The lowest BCUT2D eigenvalue weighted by Crippen LogP contribution is -2.44. The molecule has 1 unspecified atom stereocenters. The third-order valence-corrected chi connectivity index (χ3v) is 5.06. The summed E-state index contributed by atoms with van der Waals surface area (Å²) in [4.78, 5) is 19.2. The highest BCUT2D eigenvalue weighted by Crippen LogP contribution is 2.28. The maximum Gasteiger partial charge on any atom is 0.433 e. The number of hydrogen-bond donors (Lipinski definition) is 2. The summed E-state index contributed by atoms with van der Waals surface area (Å²) in [6.45, 7) is 0.215. The molecule has 1 amide bonds. The second kappa shape index (κ2) is 8.25. The molecule has 3 rings (SSSR count). The summed E-state index contributed by atoms with van der Waals surface area (Å²) in [5.74, 6) is -1.48. The second-order valence-corrected chi connectivity index (χ2v) is 7.16. The molecule has 0 spiro atoms. The molecule has 154 valence electrons. The Morgan fingerprint density at radius 1 is 1.28 bits per heavy atom. The van der Waals surface area contributed by atoms with Crippen molar-refractivity contribution in [2.45, 2.75) is 25.2 Å². The standard InChI is InChI=1S/C17H14F4N4O3S/c18-14-6-9(7-24-16(26)15-12(29(27)28)3-4-22-15)5-11(25-14)10-1-2-13(23-8-10)17(19,20)21/h1-2,5-6,8,15,22H,3-4,7H2,(H,24,26). The molecule has 12 heteroatoms. The highest BCUT2D eigenvalue weighted by molar-refractivity contribution is 7.73. The smallest absolute Gasteiger partial charge is 0.350 e. The minimum atomic E-state index is -4.60. The molecule has 0 saturated carbocycles. The molecule has 1 aliphatic rings. The van der Waals surface area contributed by atoms with Gasteiger partial charge in [0.1, 0.15) is 11.7 Å².